The lowest BCUT2D eigenvalue weighted by Gasteiger charge is -2.09. The van der Waals surface area contributed by atoms with Crippen LogP contribution in [-0.4, -0.2) is 27.0 Å². The van der Waals surface area contributed by atoms with Gasteiger partial charge in [-0.25, -0.2) is 9.97 Å². The first kappa shape index (κ1) is 14.9. The van der Waals surface area contributed by atoms with Crippen LogP contribution in [-0.2, 0) is 6.42 Å². The Morgan fingerprint density at radius 3 is 2.92 bits per heavy atom. The molecule has 0 radical (unpaired) electrons. The third kappa shape index (κ3) is 2.89. The van der Waals surface area contributed by atoms with E-state index in [1.165, 1.54) is 18.5 Å². The van der Waals surface area contributed by atoms with Crippen molar-refractivity contribution in [2.75, 3.05) is 6.54 Å². The van der Waals surface area contributed by atoms with Gasteiger partial charge in [0.15, 0.2) is 0 Å². The lowest BCUT2D eigenvalue weighted by molar-refractivity contribution is 0.0949. The molecule has 1 N–H and O–H groups in total. The van der Waals surface area contributed by atoms with Crippen LogP contribution < -0.4 is 5.32 Å². The maximum atomic E-state index is 12.3. The summed E-state index contributed by atoms with van der Waals surface area (Å²) in [6.07, 6.45) is 5.12. The first-order valence-electron chi connectivity index (χ1n) is 8.39. The third-order valence-corrected chi connectivity index (χ3v) is 4.44. The largest absolute Gasteiger partial charge is 0.350 e. The highest BCUT2D eigenvalue weighted by Crippen LogP contribution is 2.36. The number of benzene rings is 1. The minimum atomic E-state index is -0.137. The first-order chi connectivity index (χ1) is 11.7. The van der Waals surface area contributed by atoms with Crippen LogP contribution in [0.1, 0.15) is 40.9 Å². The maximum Gasteiger partial charge on any atom is 0.269 e. The zero-order chi connectivity index (χ0) is 16.5. The summed E-state index contributed by atoms with van der Waals surface area (Å²) in [5.74, 6) is 0.920. The number of carbonyl (C=O) groups is 1. The van der Waals surface area contributed by atoms with Gasteiger partial charge < -0.3 is 9.88 Å². The van der Waals surface area contributed by atoms with Gasteiger partial charge in [0.25, 0.3) is 5.91 Å². The summed E-state index contributed by atoms with van der Waals surface area (Å²) in [4.78, 5) is 21.2. The smallest absolute Gasteiger partial charge is 0.269 e. The van der Waals surface area contributed by atoms with Crippen molar-refractivity contribution in [1.29, 1.82) is 0 Å². The molecular weight excluding hydrogens is 300 g/mol. The fourth-order valence-corrected chi connectivity index (χ4v) is 3.08. The molecule has 122 valence electrons. The van der Waals surface area contributed by atoms with Crippen molar-refractivity contribution in [2.24, 2.45) is 0 Å². The van der Waals surface area contributed by atoms with Crippen LogP contribution in [0.15, 0.2) is 42.6 Å². The molecule has 3 aromatic rings. The number of nitrogens with zero attached hydrogens (tertiary/aromatic N) is 3. The van der Waals surface area contributed by atoms with E-state index in [0.717, 1.165) is 23.1 Å². The molecule has 2 heterocycles. The van der Waals surface area contributed by atoms with Crippen LogP contribution in [0.5, 0.6) is 0 Å². The number of pyridine rings is 1. The number of hydrogen-bond acceptors (Lipinski definition) is 3. The first-order valence-corrected chi connectivity index (χ1v) is 8.39. The average molecular weight is 320 g/mol. The maximum absolute atomic E-state index is 12.3. The Hall–Kier alpha value is -2.69. The fraction of sp³-hybridized carbons (Fsp3) is 0.316. The molecule has 4 rings (SSSR count). The van der Waals surface area contributed by atoms with Crippen LogP contribution in [0.3, 0.4) is 0 Å². The third-order valence-electron chi connectivity index (χ3n) is 4.44. The molecule has 0 unspecified atom stereocenters. The van der Waals surface area contributed by atoms with Crippen LogP contribution >= 0.6 is 0 Å². The molecule has 5 nitrogen and oxygen atoms in total. The summed E-state index contributed by atoms with van der Waals surface area (Å²) in [7, 11) is 0. The number of aromatic nitrogens is 3. The summed E-state index contributed by atoms with van der Waals surface area (Å²) in [6.45, 7) is 2.66. The quantitative estimate of drug-likeness (QED) is 0.786. The standard InChI is InChI=1S/C19H20N4O/c1-13-12-21-18(23(13)15-7-8-15)10-11-20-19(24)17-9-6-14-4-2-3-5-16(14)22-17/h2-6,9,12,15H,7-8,10-11H2,1H3,(H,20,24). The van der Waals surface area contributed by atoms with Gasteiger partial charge in [0.05, 0.1) is 5.52 Å². The summed E-state index contributed by atoms with van der Waals surface area (Å²) in [5, 5.41) is 3.99. The van der Waals surface area contributed by atoms with E-state index in [1.54, 1.807) is 6.07 Å². The van der Waals surface area contributed by atoms with Crippen LogP contribution in [0, 0.1) is 6.92 Å². The number of fused-ring (bicyclic) bond motifs is 1. The number of aryl methyl sites for hydroxylation is 1. The number of hydrogen-bond donors (Lipinski definition) is 1. The molecule has 1 aliphatic carbocycles. The van der Waals surface area contributed by atoms with E-state index in [2.05, 4.69) is 26.8 Å². The van der Waals surface area contributed by atoms with Gasteiger partial charge in [0.2, 0.25) is 0 Å². The predicted molar refractivity (Wildman–Crippen MR) is 93.0 cm³/mol. The normalized spacial score (nSPS) is 14.0. The van der Waals surface area contributed by atoms with Gasteiger partial charge in [-0.05, 0) is 31.9 Å². The summed E-state index contributed by atoms with van der Waals surface area (Å²) in [6, 6.07) is 12.1. The van der Waals surface area contributed by atoms with Crippen molar-refractivity contribution in [2.45, 2.75) is 32.2 Å². The summed E-state index contributed by atoms with van der Waals surface area (Å²) < 4.78 is 2.31. The monoisotopic (exact) mass is 320 g/mol. The van der Waals surface area contributed by atoms with Crippen LogP contribution in [0.25, 0.3) is 10.9 Å². The fourth-order valence-electron chi connectivity index (χ4n) is 3.08. The molecule has 0 spiro atoms. The Balaban J connectivity index is 1.41. The molecule has 0 bridgehead atoms. The zero-order valence-corrected chi connectivity index (χ0v) is 13.7. The van der Waals surface area contributed by atoms with Crippen molar-refractivity contribution >= 4 is 16.8 Å². The van der Waals surface area contributed by atoms with Gasteiger partial charge in [-0.2, -0.15) is 0 Å². The van der Waals surface area contributed by atoms with Crippen LogP contribution in [0.4, 0.5) is 0 Å². The highest BCUT2D eigenvalue weighted by atomic mass is 16.1. The molecule has 0 aliphatic heterocycles. The number of nitrogens with one attached hydrogen (secondary N) is 1. The molecule has 2 aromatic heterocycles. The topological polar surface area (TPSA) is 59.8 Å². The second kappa shape index (κ2) is 6.07. The minimum Gasteiger partial charge on any atom is -0.350 e. The van der Waals surface area contributed by atoms with Crippen molar-refractivity contribution in [3.63, 3.8) is 0 Å². The van der Waals surface area contributed by atoms with Gasteiger partial charge in [-0.3, -0.25) is 4.79 Å². The number of rotatable bonds is 5. The van der Waals surface area contributed by atoms with Gasteiger partial charge in [0, 0.05) is 36.3 Å². The molecule has 1 aromatic carbocycles. The van der Waals surface area contributed by atoms with E-state index in [1.807, 2.05) is 36.5 Å². The van der Waals surface area contributed by atoms with E-state index < -0.39 is 0 Å². The van der Waals surface area contributed by atoms with Crippen LogP contribution in [0.2, 0.25) is 0 Å². The summed E-state index contributed by atoms with van der Waals surface area (Å²) >= 11 is 0. The Bertz CT molecular complexity index is 895. The molecule has 1 aliphatic rings. The van der Waals surface area contributed by atoms with Gasteiger partial charge in [-0.1, -0.05) is 24.3 Å². The van der Waals surface area contributed by atoms with Gasteiger partial charge >= 0.3 is 0 Å². The number of imidazole rings is 1. The van der Waals surface area contributed by atoms with Crippen molar-refractivity contribution in [3.05, 3.63) is 59.8 Å². The number of amides is 1. The Labute approximate surface area is 140 Å². The highest BCUT2D eigenvalue weighted by Gasteiger charge is 2.26. The number of carbonyl (C=O) groups excluding carboxylic acids is 1. The molecule has 1 saturated carbocycles. The molecule has 5 heteroatoms. The highest BCUT2D eigenvalue weighted by molar-refractivity contribution is 5.94. The predicted octanol–water partition coefficient (Wildman–Crippen LogP) is 3.05. The molecule has 24 heavy (non-hydrogen) atoms. The Morgan fingerprint density at radius 2 is 2.08 bits per heavy atom. The van der Waals surface area contributed by atoms with E-state index >= 15 is 0 Å². The van der Waals surface area contributed by atoms with Gasteiger partial charge in [0.1, 0.15) is 11.5 Å². The number of para-hydroxylation sites is 1. The minimum absolute atomic E-state index is 0.137. The van der Waals surface area contributed by atoms with Crippen molar-refractivity contribution < 1.29 is 4.79 Å². The van der Waals surface area contributed by atoms with Gasteiger partial charge in [-0.15, -0.1) is 0 Å². The average Bonchev–Trinajstić information content (AvgIpc) is 3.37. The zero-order valence-electron chi connectivity index (χ0n) is 13.7. The molecular formula is C19H20N4O. The molecule has 0 atom stereocenters. The lowest BCUT2D eigenvalue weighted by atomic mass is 10.2. The summed E-state index contributed by atoms with van der Waals surface area (Å²) in [5.41, 5.74) is 2.50. The lowest BCUT2D eigenvalue weighted by Crippen LogP contribution is -2.27. The molecule has 1 fully saturated rings. The molecule has 0 saturated heterocycles. The van der Waals surface area contributed by atoms with E-state index in [0.29, 0.717) is 18.3 Å². The Kier molecular flexibility index (Phi) is 3.76. The second-order valence-corrected chi connectivity index (χ2v) is 6.31. The SMILES string of the molecule is Cc1cnc(CCNC(=O)c2ccc3ccccc3n2)n1C1CC1. The van der Waals surface area contributed by atoms with E-state index in [-0.39, 0.29) is 5.91 Å². The van der Waals surface area contributed by atoms with E-state index in [9.17, 15) is 4.79 Å². The van der Waals surface area contributed by atoms with Crippen molar-refractivity contribution in [3.8, 4) is 0 Å². The Morgan fingerprint density at radius 1 is 1.25 bits per heavy atom. The van der Waals surface area contributed by atoms with E-state index in [4.69, 9.17) is 0 Å². The molecule has 1 amide bonds. The second-order valence-electron chi connectivity index (χ2n) is 6.31. The van der Waals surface area contributed by atoms with Crippen molar-refractivity contribution in [1.82, 2.24) is 19.9 Å².